The Labute approximate surface area is 115 Å². The van der Waals surface area contributed by atoms with E-state index in [9.17, 15) is 0 Å². The minimum Gasteiger partial charge on any atom is -0.491 e. The van der Waals surface area contributed by atoms with E-state index in [0.717, 1.165) is 11.3 Å². The lowest BCUT2D eigenvalue weighted by Crippen LogP contribution is -2.22. The van der Waals surface area contributed by atoms with E-state index in [0.29, 0.717) is 19.6 Å². The summed E-state index contributed by atoms with van der Waals surface area (Å²) in [5.41, 5.74) is 0.793. The molecule has 0 aliphatic heterocycles. The van der Waals surface area contributed by atoms with Crippen LogP contribution in [0.3, 0.4) is 0 Å². The molecule has 104 valence electrons. The van der Waals surface area contributed by atoms with Crippen LogP contribution in [0.1, 0.15) is 32.8 Å². The fourth-order valence-corrected chi connectivity index (χ4v) is 1.36. The molecule has 0 aromatic heterocycles. The van der Waals surface area contributed by atoms with Crippen LogP contribution in [0.4, 0.5) is 0 Å². The van der Waals surface area contributed by atoms with Crippen LogP contribution in [-0.4, -0.2) is 30.5 Å². The van der Waals surface area contributed by atoms with Crippen LogP contribution >= 0.6 is 0 Å². The van der Waals surface area contributed by atoms with Crippen molar-refractivity contribution in [3.05, 3.63) is 29.8 Å². The minimum absolute atomic E-state index is 0.0992. The third-order valence-electron chi connectivity index (χ3n) is 2.21. The molecule has 0 unspecified atom stereocenters. The first kappa shape index (κ1) is 15.6. The van der Waals surface area contributed by atoms with Gasteiger partial charge in [0.25, 0.3) is 0 Å². The van der Waals surface area contributed by atoms with Crippen LogP contribution in [0.2, 0.25) is 0 Å². The molecular formula is C16H22O3. The summed E-state index contributed by atoms with van der Waals surface area (Å²) < 4.78 is 11.1. The zero-order valence-corrected chi connectivity index (χ0v) is 11.9. The predicted octanol–water partition coefficient (Wildman–Crippen LogP) is 2.61. The van der Waals surface area contributed by atoms with Crippen LogP contribution in [0.15, 0.2) is 24.3 Å². The van der Waals surface area contributed by atoms with E-state index in [1.165, 1.54) is 0 Å². The van der Waals surface area contributed by atoms with Crippen LogP contribution in [0, 0.1) is 11.8 Å². The van der Waals surface area contributed by atoms with Gasteiger partial charge in [0, 0.05) is 12.0 Å². The van der Waals surface area contributed by atoms with Crippen molar-refractivity contribution in [3.63, 3.8) is 0 Å². The molecule has 1 rings (SSSR count). The first-order chi connectivity index (χ1) is 9.01. The van der Waals surface area contributed by atoms with Crippen molar-refractivity contribution >= 4 is 0 Å². The lowest BCUT2D eigenvalue weighted by molar-refractivity contribution is -0.0163. The number of aliphatic hydroxyl groups is 1. The number of hydrogen-bond donors (Lipinski definition) is 1. The zero-order valence-electron chi connectivity index (χ0n) is 11.9. The molecule has 1 N–H and O–H groups in total. The molecule has 0 saturated heterocycles. The molecule has 0 aliphatic carbocycles. The van der Waals surface area contributed by atoms with E-state index >= 15 is 0 Å². The van der Waals surface area contributed by atoms with Gasteiger partial charge in [-0.1, -0.05) is 11.8 Å². The average molecular weight is 262 g/mol. The molecule has 0 bridgehead atoms. The van der Waals surface area contributed by atoms with Gasteiger partial charge in [-0.3, -0.25) is 0 Å². The van der Waals surface area contributed by atoms with Crippen molar-refractivity contribution in [1.82, 2.24) is 0 Å². The maximum Gasteiger partial charge on any atom is 0.119 e. The summed E-state index contributed by atoms with van der Waals surface area (Å²) in [6.07, 6.45) is 0.502. The van der Waals surface area contributed by atoms with Crippen LogP contribution in [-0.2, 0) is 4.74 Å². The van der Waals surface area contributed by atoms with Crippen molar-refractivity contribution in [2.75, 3.05) is 19.8 Å². The van der Waals surface area contributed by atoms with Gasteiger partial charge in [-0.25, -0.2) is 0 Å². The molecule has 1 aromatic rings. The van der Waals surface area contributed by atoms with E-state index in [4.69, 9.17) is 14.6 Å². The quantitative estimate of drug-likeness (QED) is 0.655. The highest BCUT2D eigenvalue weighted by Crippen LogP contribution is 2.12. The Kier molecular flexibility index (Phi) is 6.41. The number of ether oxygens (including phenoxy) is 2. The molecule has 0 saturated carbocycles. The molecule has 0 spiro atoms. The highest BCUT2D eigenvalue weighted by Gasteiger charge is 2.09. The SMILES string of the molecule is CC(C)(C)OCCOc1ccc(C#CCCO)cc1. The number of benzene rings is 1. The molecule has 3 heteroatoms. The first-order valence-electron chi connectivity index (χ1n) is 6.48. The maximum atomic E-state index is 8.63. The van der Waals surface area contributed by atoms with Crippen molar-refractivity contribution in [1.29, 1.82) is 0 Å². The van der Waals surface area contributed by atoms with Crippen molar-refractivity contribution < 1.29 is 14.6 Å². The molecule has 0 fully saturated rings. The van der Waals surface area contributed by atoms with Gasteiger partial charge in [0.2, 0.25) is 0 Å². The Morgan fingerprint density at radius 2 is 1.79 bits per heavy atom. The van der Waals surface area contributed by atoms with Gasteiger partial charge in [0.05, 0.1) is 18.8 Å². The average Bonchev–Trinajstić information content (AvgIpc) is 2.36. The largest absolute Gasteiger partial charge is 0.491 e. The third kappa shape index (κ3) is 7.50. The molecule has 0 aliphatic rings. The van der Waals surface area contributed by atoms with Crippen LogP contribution in [0.25, 0.3) is 0 Å². The molecule has 19 heavy (non-hydrogen) atoms. The van der Waals surface area contributed by atoms with Gasteiger partial charge in [0.1, 0.15) is 12.4 Å². The fourth-order valence-electron chi connectivity index (χ4n) is 1.36. The van der Waals surface area contributed by atoms with Crippen molar-refractivity contribution in [2.45, 2.75) is 32.8 Å². The Morgan fingerprint density at radius 3 is 2.37 bits per heavy atom. The molecule has 3 nitrogen and oxygen atoms in total. The topological polar surface area (TPSA) is 38.7 Å². The van der Waals surface area contributed by atoms with Gasteiger partial charge in [0.15, 0.2) is 0 Å². The highest BCUT2D eigenvalue weighted by molar-refractivity contribution is 5.38. The normalized spacial score (nSPS) is 10.7. The van der Waals surface area contributed by atoms with Gasteiger partial charge < -0.3 is 14.6 Å². The molecule has 0 amide bonds. The third-order valence-corrected chi connectivity index (χ3v) is 2.21. The summed E-state index contributed by atoms with van der Waals surface area (Å²) in [7, 11) is 0. The van der Waals surface area contributed by atoms with E-state index < -0.39 is 0 Å². The van der Waals surface area contributed by atoms with Crippen molar-refractivity contribution in [3.8, 4) is 17.6 Å². The minimum atomic E-state index is -0.129. The fraction of sp³-hybridized carbons (Fsp3) is 0.500. The van der Waals surface area contributed by atoms with Gasteiger partial charge in [-0.2, -0.15) is 0 Å². The summed E-state index contributed by atoms with van der Waals surface area (Å²) in [5.74, 6) is 6.66. The summed E-state index contributed by atoms with van der Waals surface area (Å²) in [6, 6.07) is 7.59. The maximum absolute atomic E-state index is 8.63. The molecule has 1 aromatic carbocycles. The molecule has 0 atom stereocenters. The summed E-state index contributed by atoms with van der Waals surface area (Å²) in [5, 5.41) is 8.63. The standard InChI is InChI=1S/C16H22O3/c1-16(2,3)19-13-12-18-15-9-7-14(8-10-15)6-4-5-11-17/h7-10,17H,5,11-13H2,1-3H3. The summed E-state index contributed by atoms with van der Waals surface area (Å²) >= 11 is 0. The van der Waals surface area contributed by atoms with Gasteiger partial charge >= 0.3 is 0 Å². The highest BCUT2D eigenvalue weighted by atomic mass is 16.5. The number of aliphatic hydroxyl groups excluding tert-OH is 1. The van der Waals surface area contributed by atoms with E-state index in [-0.39, 0.29) is 12.2 Å². The lowest BCUT2D eigenvalue weighted by atomic mass is 10.2. The van der Waals surface area contributed by atoms with Crippen LogP contribution in [0.5, 0.6) is 5.75 Å². The van der Waals surface area contributed by atoms with E-state index in [2.05, 4.69) is 11.8 Å². The molecular weight excluding hydrogens is 240 g/mol. The van der Waals surface area contributed by atoms with Crippen molar-refractivity contribution in [2.24, 2.45) is 0 Å². The second-order valence-electron chi connectivity index (χ2n) is 5.11. The number of rotatable bonds is 5. The zero-order chi connectivity index (χ0) is 14.1. The van der Waals surface area contributed by atoms with E-state index in [1.807, 2.05) is 45.0 Å². The Hall–Kier alpha value is -1.50. The second kappa shape index (κ2) is 7.83. The molecule has 0 radical (unpaired) electrons. The smallest absolute Gasteiger partial charge is 0.119 e. The van der Waals surface area contributed by atoms with Gasteiger partial charge in [-0.15, -0.1) is 0 Å². The Balaban J connectivity index is 2.35. The Bertz CT molecular complexity index is 418. The Morgan fingerprint density at radius 1 is 1.11 bits per heavy atom. The number of hydrogen-bond acceptors (Lipinski definition) is 3. The lowest BCUT2D eigenvalue weighted by Gasteiger charge is -2.19. The first-order valence-corrected chi connectivity index (χ1v) is 6.48. The predicted molar refractivity (Wildman–Crippen MR) is 76.2 cm³/mol. The second-order valence-corrected chi connectivity index (χ2v) is 5.11. The monoisotopic (exact) mass is 262 g/mol. The summed E-state index contributed by atoms with van der Waals surface area (Å²) in [4.78, 5) is 0. The van der Waals surface area contributed by atoms with E-state index in [1.54, 1.807) is 0 Å². The molecule has 0 heterocycles. The summed E-state index contributed by atoms with van der Waals surface area (Å²) in [6.45, 7) is 7.27. The van der Waals surface area contributed by atoms with Gasteiger partial charge in [-0.05, 0) is 45.0 Å². The van der Waals surface area contributed by atoms with Crippen LogP contribution < -0.4 is 4.74 Å².